The Hall–Kier alpha value is -2.21. The predicted octanol–water partition coefficient (Wildman–Crippen LogP) is 2.23. The largest absolute Gasteiger partial charge is 0.352 e. The second-order valence-corrected chi connectivity index (χ2v) is 7.71. The molecule has 1 unspecified atom stereocenters. The molecule has 0 bridgehead atoms. The highest BCUT2D eigenvalue weighted by atomic mass is 16.1. The van der Waals surface area contributed by atoms with Crippen molar-refractivity contribution in [2.75, 3.05) is 19.6 Å². The number of carbonyl (C=O) groups excluding carboxylic acids is 1. The molecule has 2 fully saturated rings. The maximum Gasteiger partial charge on any atom is 0.251 e. The minimum atomic E-state index is 0.0291. The van der Waals surface area contributed by atoms with Crippen molar-refractivity contribution in [3.8, 4) is 0 Å². The molecular formula is C20H27N5O. The third-order valence-electron chi connectivity index (χ3n) is 6.21. The third-order valence-corrected chi connectivity index (χ3v) is 6.21. The summed E-state index contributed by atoms with van der Waals surface area (Å²) >= 11 is 0. The standard InChI is InChI=1S/C20H27N5O/c26-19(17-4-1-3-16(13-17)15-25-12-11-23-24-25)22-14-18-5-2-6-20(18)7-9-21-10-8-20/h1,3-4,11-13,18,21H,2,5-10,14-15H2,(H,22,26). The Morgan fingerprint density at radius 1 is 1.31 bits per heavy atom. The third kappa shape index (κ3) is 3.65. The number of nitrogens with zero attached hydrogens (tertiary/aromatic N) is 3. The first kappa shape index (κ1) is 17.2. The molecule has 1 saturated heterocycles. The lowest BCUT2D eigenvalue weighted by molar-refractivity contribution is 0.0908. The molecule has 1 aliphatic carbocycles. The lowest BCUT2D eigenvalue weighted by atomic mass is 9.71. The first-order valence-corrected chi connectivity index (χ1v) is 9.67. The van der Waals surface area contributed by atoms with Gasteiger partial charge in [0.2, 0.25) is 0 Å². The fraction of sp³-hybridized carbons (Fsp3) is 0.550. The van der Waals surface area contributed by atoms with E-state index in [1.54, 1.807) is 10.9 Å². The molecule has 1 atom stereocenters. The van der Waals surface area contributed by atoms with Gasteiger partial charge < -0.3 is 10.6 Å². The number of nitrogens with one attached hydrogen (secondary N) is 2. The molecule has 6 heteroatoms. The smallest absolute Gasteiger partial charge is 0.251 e. The van der Waals surface area contributed by atoms with Crippen LogP contribution in [0.5, 0.6) is 0 Å². The summed E-state index contributed by atoms with van der Waals surface area (Å²) in [4.78, 5) is 12.7. The van der Waals surface area contributed by atoms with Crippen molar-refractivity contribution in [3.63, 3.8) is 0 Å². The van der Waals surface area contributed by atoms with Crippen LogP contribution in [0.4, 0.5) is 0 Å². The van der Waals surface area contributed by atoms with Crippen LogP contribution >= 0.6 is 0 Å². The maximum absolute atomic E-state index is 12.7. The van der Waals surface area contributed by atoms with Gasteiger partial charge in [0.15, 0.2) is 0 Å². The topological polar surface area (TPSA) is 71.8 Å². The van der Waals surface area contributed by atoms with E-state index in [9.17, 15) is 4.79 Å². The number of carbonyl (C=O) groups is 1. The zero-order valence-corrected chi connectivity index (χ0v) is 15.2. The molecule has 1 aromatic heterocycles. The normalized spacial score (nSPS) is 21.8. The second-order valence-electron chi connectivity index (χ2n) is 7.71. The summed E-state index contributed by atoms with van der Waals surface area (Å²) in [6.45, 7) is 3.66. The minimum absolute atomic E-state index is 0.0291. The van der Waals surface area contributed by atoms with E-state index in [0.717, 1.165) is 30.8 Å². The van der Waals surface area contributed by atoms with Crippen LogP contribution in [0.1, 0.15) is 48.0 Å². The maximum atomic E-state index is 12.7. The van der Waals surface area contributed by atoms with E-state index in [0.29, 0.717) is 17.9 Å². The Balaban J connectivity index is 1.37. The molecule has 6 nitrogen and oxygen atoms in total. The fourth-order valence-corrected chi connectivity index (χ4v) is 4.75. The number of hydrogen-bond acceptors (Lipinski definition) is 4. The molecule has 2 N–H and O–H groups in total. The minimum Gasteiger partial charge on any atom is -0.352 e. The van der Waals surface area contributed by atoms with E-state index in [1.165, 1.54) is 32.1 Å². The monoisotopic (exact) mass is 353 g/mol. The van der Waals surface area contributed by atoms with Gasteiger partial charge in [0, 0.05) is 18.3 Å². The van der Waals surface area contributed by atoms with Gasteiger partial charge in [-0.15, -0.1) is 5.10 Å². The summed E-state index contributed by atoms with van der Waals surface area (Å²) in [5.74, 6) is 0.647. The summed E-state index contributed by atoms with van der Waals surface area (Å²) in [7, 11) is 0. The van der Waals surface area contributed by atoms with E-state index in [2.05, 4.69) is 20.9 Å². The van der Waals surface area contributed by atoms with Crippen molar-refractivity contribution >= 4 is 5.91 Å². The molecule has 0 radical (unpaired) electrons. The number of hydrogen-bond donors (Lipinski definition) is 2. The van der Waals surface area contributed by atoms with Crippen LogP contribution in [0.25, 0.3) is 0 Å². The SMILES string of the molecule is O=C(NCC1CCCC12CCNCC2)c1cccc(Cn2ccnn2)c1. The van der Waals surface area contributed by atoms with Crippen molar-refractivity contribution in [1.29, 1.82) is 0 Å². The molecule has 2 heterocycles. The average Bonchev–Trinajstić information content (AvgIpc) is 3.31. The van der Waals surface area contributed by atoms with Crippen LogP contribution in [0, 0.1) is 11.3 Å². The fourth-order valence-electron chi connectivity index (χ4n) is 4.75. The molecule has 4 rings (SSSR count). The number of amides is 1. The van der Waals surface area contributed by atoms with E-state index < -0.39 is 0 Å². The summed E-state index contributed by atoms with van der Waals surface area (Å²) in [6, 6.07) is 7.78. The molecule has 1 amide bonds. The van der Waals surface area contributed by atoms with Crippen LogP contribution in [0.3, 0.4) is 0 Å². The van der Waals surface area contributed by atoms with E-state index in [-0.39, 0.29) is 5.91 Å². The summed E-state index contributed by atoms with van der Waals surface area (Å²) in [5.41, 5.74) is 2.23. The predicted molar refractivity (Wildman–Crippen MR) is 99.8 cm³/mol. The van der Waals surface area contributed by atoms with Crippen LogP contribution < -0.4 is 10.6 Å². The van der Waals surface area contributed by atoms with Crippen molar-refractivity contribution in [2.24, 2.45) is 11.3 Å². The molecule has 2 aromatic rings. The van der Waals surface area contributed by atoms with Crippen molar-refractivity contribution < 1.29 is 4.79 Å². The molecule has 1 aromatic carbocycles. The van der Waals surface area contributed by atoms with Crippen molar-refractivity contribution in [2.45, 2.75) is 38.6 Å². The van der Waals surface area contributed by atoms with Gasteiger partial charge in [-0.25, -0.2) is 4.68 Å². The zero-order valence-electron chi connectivity index (χ0n) is 15.2. The highest BCUT2D eigenvalue weighted by Crippen LogP contribution is 2.49. The molecule has 1 spiro atoms. The first-order valence-electron chi connectivity index (χ1n) is 9.67. The van der Waals surface area contributed by atoms with Crippen LogP contribution in [0.2, 0.25) is 0 Å². The molecule has 2 aliphatic rings. The van der Waals surface area contributed by atoms with Crippen LogP contribution in [0.15, 0.2) is 36.7 Å². The highest BCUT2D eigenvalue weighted by Gasteiger charge is 2.43. The van der Waals surface area contributed by atoms with Gasteiger partial charge in [-0.3, -0.25) is 4.79 Å². The van der Waals surface area contributed by atoms with Crippen LogP contribution in [-0.2, 0) is 6.54 Å². The summed E-state index contributed by atoms with van der Waals surface area (Å²) in [5, 5.41) is 14.5. The molecule has 1 saturated carbocycles. The van der Waals surface area contributed by atoms with Crippen LogP contribution in [-0.4, -0.2) is 40.5 Å². The average molecular weight is 353 g/mol. The molecular weight excluding hydrogens is 326 g/mol. The zero-order chi connectivity index (χ0) is 17.8. The van der Waals surface area contributed by atoms with Crippen molar-refractivity contribution in [1.82, 2.24) is 25.6 Å². The van der Waals surface area contributed by atoms with E-state index in [4.69, 9.17) is 0 Å². The van der Waals surface area contributed by atoms with E-state index >= 15 is 0 Å². The van der Waals surface area contributed by atoms with E-state index in [1.807, 2.05) is 30.5 Å². The Morgan fingerprint density at radius 3 is 3.00 bits per heavy atom. The molecule has 138 valence electrons. The Bertz CT molecular complexity index is 736. The lowest BCUT2D eigenvalue weighted by Gasteiger charge is -2.39. The van der Waals surface area contributed by atoms with Gasteiger partial charge in [-0.2, -0.15) is 0 Å². The first-order chi connectivity index (χ1) is 12.8. The number of rotatable bonds is 5. The van der Waals surface area contributed by atoms with Gasteiger partial charge in [0.05, 0.1) is 12.7 Å². The van der Waals surface area contributed by atoms with Gasteiger partial charge in [-0.1, -0.05) is 23.8 Å². The summed E-state index contributed by atoms with van der Waals surface area (Å²) < 4.78 is 1.76. The Morgan fingerprint density at radius 2 is 2.19 bits per heavy atom. The lowest BCUT2D eigenvalue weighted by Crippen LogP contribution is -2.43. The summed E-state index contributed by atoms with van der Waals surface area (Å²) in [6.07, 6.45) is 9.85. The van der Waals surface area contributed by atoms with Gasteiger partial charge >= 0.3 is 0 Å². The Kier molecular flexibility index (Phi) is 5.02. The highest BCUT2D eigenvalue weighted by molar-refractivity contribution is 5.94. The number of piperidine rings is 1. The molecule has 1 aliphatic heterocycles. The van der Waals surface area contributed by atoms with Gasteiger partial charge in [0.1, 0.15) is 0 Å². The molecule has 26 heavy (non-hydrogen) atoms. The van der Waals surface area contributed by atoms with Gasteiger partial charge in [0.25, 0.3) is 5.91 Å². The quantitative estimate of drug-likeness (QED) is 0.865. The van der Waals surface area contributed by atoms with Gasteiger partial charge in [-0.05, 0) is 67.8 Å². The Labute approximate surface area is 154 Å². The second kappa shape index (κ2) is 7.58. The number of benzene rings is 1. The number of aromatic nitrogens is 3. The van der Waals surface area contributed by atoms with Crippen molar-refractivity contribution in [3.05, 3.63) is 47.8 Å².